The van der Waals surface area contributed by atoms with Crippen LogP contribution in [0.4, 0.5) is 5.69 Å². The lowest BCUT2D eigenvalue weighted by Gasteiger charge is -2.34. The van der Waals surface area contributed by atoms with E-state index in [0.29, 0.717) is 15.6 Å². The second kappa shape index (κ2) is 15.7. The molecule has 0 fully saturated rings. The number of nitrogens with zero attached hydrogens (tertiary/aromatic N) is 2. The van der Waals surface area contributed by atoms with Gasteiger partial charge in [0.05, 0.1) is 17.7 Å². The van der Waals surface area contributed by atoms with Crippen LogP contribution in [0, 0.1) is 0 Å². The summed E-state index contributed by atoms with van der Waals surface area (Å²) in [4.78, 5) is 29.7. The largest absolute Gasteiger partial charge is 0.495 e. The SMILES string of the molecule is COc1ccc(Cl)cc1N(CC(=O)N(Cc1ccc(Cl)cc1Cl)[C@@H](Cc1ccccc1)C(=O)NC(C)C)S(=O)(=O)c1ccccc1. The third kappa shape index (κ3) is 8.73. The van der Waals surface area contributed by atoms with Gasteiger partial charge in [-0.15, -0.1) is 0 Å². The molecule has 0 aliphatic heterocycles. The molecule has 8 nitrogen and oxygen atoms in total. The molecule has 0 aliphatic carbocycles. The number of hydrogen-bond donors (Lipinski definition) is 1. The molecule has 0 aliphatic rings. The number of sulfonamides is 1. The molecule has 4 aromatic rings. The fourth-order valence-electron chi connectivity index (χ4n) is 4.86. The van der Waals surface area contributed by atoms with Crippen molar-refractivity contribution in [3.8, 4) is 5.75 Å². The highest BCUT2D eigenvalue weighted by atomic mass is 35.5. The lowest BCUT2D eigenvalue weighted by molar-refractivity contribution is -0.140. The summed E-state index contributed by atoms with van der Waals surface area (Å²) in [6.07, 6.45) is 0.155. The zero-order chi connectivity index (χ0) is 33.4. The van der Waals surface area contributed by atoms with Crippen molar-refractivity contribution in [3.05, 3.63) is 123 Å². The van der Waals surface area contributed by atoms with Gasteiger partial charge in [-0.05, 0) is 67.4 Å². The Balaban J connectivity index is 1.87. The zero-order valence-electron chi connectivity index (χ0n) is 25.5. The van der Waals surface area contributed by atoms with E-state index in [1.807, 2.05) is 44.2 Å². The maximum Gasteiger partial charge on any atom is 0.264 e. The first-order valence-corrected chi connectivity index (χ1v) is 17.0. The van der Waals surface area contributed by atoms with Crippen LogP contribution in [0.3, 0.4) is 0 Å². The fourth-order valence-corrected chi connectivity index (χ4v) is 6.93. The lowest BCUT2D eigenvalue weighted by Crippen LogP contribution is -2.54. The van der Waals surface area contributed by atoms with Crippen molar-refractivity contribution in [2.45, 2.75) is 43.8 Å². The molecule has 0 spiro atoms. The van der Waals surface area contributed by atoms with Crippen LogP contribution >= 0.6 is 34.8 Å². The number of halogens is 3. The Morgan fingerprint density at radius 2 is 1.46 bits per heavy atom. The van der Waals surface area contributed by atoms with Gasteiger partial charge in [-0.2, -0.15) is 0 Å². The first kappa shape index (κ1) is 35.1. The zero-order valence-corrected chi connectivity index (χ0v) is 28.6. The molecule has 0 radical (unpaired) electrons. The van der Waals surface area contributed by atoms with Crippen LogP contribution in [0.2, 0.25) is 15.1 Å². The Morgan fingerprint density at radius 3 is 2.07 bits per heavy atom. The van der Waals surface area contributed by atoms with Crippen molar-refractivity contribution in [3.63, 3.8) is 0 Å². The highest BCUT2D eigenvalue weighted by Crippen LogP contribution is 2.35. The van der Waals surface area contributed by atoms with E-state index in [0.717, 1.165) is 9.87 Å². The minimum Gasteiger partial charge on any atom is -0.495 e. The summed E-state index contributed by atoms with van der Waals surface area (Å²) >= 11 is 19.0. The van der Waals surface area contributed by atoms with Gasteiger partial charge < -0.3 is 15.0 Å². The Hall–Kier alpha value is -3.76. The van der Waals surface area contributed by atoms with Gasteiger partial charge in [-0.3, -0.25) is 13.9 Å². The van der Waals surface area contributed by atoms with Crippen LogP contribution in [-0.2, 0) is 32.6 Å². The first-order valence-electron chi connectivity index (χ1n) is 14.4. The van der Waals surface area contributed by atoms with Crippen molar-refractivity contribution in [1.82, 2.24) is 10.2 Å². The van der Waals surface area contributed by atoms with Gasteiger partial charge in [0.1, 0.15) is 18.3 Å². The van der Waals surface area contributed by atoms with Crippen LogP contribution in [-0.4, -0.2) is 50.9 Å². The Bertz CT molecular complexity index is 1770. The minimum absolute atomic E-state index is 0.0458. The van der Waals surface area contributed by atoms with E-state index in [-0.39, 0.29) is 40.4 Å². The van der Waals surface area contributed by atoms with Crippen LogP contribution in [0.1, 0.15) is 25.0 Å². The fraction of sp³-hybridized carbons (Fsp3) is 0.235. The molecule has 12 heteroatoms. The summed E-state index contributed by atoms with van der Waals surface area (Å²) in [6.45, 7) is 2.85. The lowest BCUT2D eigenvalue weighted by atomic mass is 10.0. The predicted octanol–water partition coefficient (Wildman–Crippen LogP) is 7.02. The van der Waals surface area contributed by atoms with E-state index in [4.69, 9.17) is 39.5 Å². The van der Waals surface area contributed by atoms with E-state index < -0.39 is 34.4 Å². The third-order valence-electron chi connectivity index (χ3n) is 7.08. The average Bonchev–Trinajstić information content (AvgIpc) is 3.02. The van der Waals surface area contributed by atoms with Gasteiger partial charge in [0, 0.05) is 34.1 Å². The number of ether oxygens (including phenoxy) is 1. The number of methoxy groups -OCH3 is 1. The van der Waals surface area contributed by atoms with Gasteiger partial charge in [0.2, 0.25) is 11.8 Å². The number of anilines is 1. The molecule has 0 saturated heterocycles. The molecule has 1 N–H and O–H groups in total. The van der Waals surface area contributed by atoms with Crippen LogP contribution in [0.5, 0.6) is 5.75 Å². The summed E-state index contributed by atoms with van der Waals surface area (Å²) in [6, 6.07) is 25.1. The highest BCUT2D eigenvalue weighted by Gasteiger charge is 2.36. The molecule has 0 heterocycles. The summed E-state index contributed by atoms with van der Waals surface area (Å²) in [5, 5.41) is 3.85. The first-order chi connectivity index (χ1) is 21.9. The topological polar surface area (TPSA) is 96.0 Å². The van der Waals surface area contributed by atoms with Gasteiger partial charge in [-0.1, -0.05) is 89.4 Å². The average molecular weight is 703 g/mol. The van der Waals surface area contributed by atoms with Gasteiger partial charge in [0.25, 0.3) is 10.0 Å². The molecule has 0 aromatic heterocycles. The van der Waals surface area contributed by atoms with Crippen molar-refractivity contribution >= 4 is 62.3 Å². The van der Waals surface area contributed by atoms with Crippen molar-refractivity contribution in [1.29, 1.82) is 0 Å². The molecule has 242 valence electrons. The van der Waals surface area contributed by atoms with E-state index in [2.05, 4.69) is 5.32 Å². The number of rotatable bonds is 13. The Kier molecular flexibility index (Phi) is 12.0. The summed E-state index contributed by atoms with van der Waals surface area (Å²) in [7, 11) is -2.95. The number of nitrogens with one attached hydrogen (secondary N) is 1. The molecule has 46 heavy (non-hydrogen) atoms. The minimum atomic E-state index is -4.34. The maximum absolute atomic E-state index is 14.6. The predicted molar refractivity (Wildman–Crippen MR) is 183 cm³/mol. The van der Waals surface area contributed by atoms with Crippen molar-refractivity contribution < 1.29 is 22.7 Å². The van der Waals surface area contributed by atoms with E-state index in [1.54, 1.807) is 42.5 Å². The normalized spacial score (nSPS) is 12.0. The van der Waals surface area contributed by atoms with Crippen molar-refractivity contribution in [2.24, 2.45) is 0 Å². The smallest absolute Gasteiger partial charge is 0.264 e. The number of benzene rings is 4. The number of hydrogen-bond acceptors (Lipinski definition) is 5. The second-order valence-electron chi connectivity index (χ2n) is 10.8. The van der Waals surface area contributed by atoms with Gasteiger partial charge in [-0.25, -0.2) is 8.42 Å². The van der Waals surface area contributed by atoms with Gasteiger partial charge in [0.15, 0.2) is 0 Å². The summed E-state index contributed by atoms with van der Waals surface area (Å²) < 4.78 is 34.9. The van der Waals surface area contributed by atoms with E-state index in [1.165, 1.54) is 36.3 Å². The van der Waals surface area contributed by atoms with Gasteiger partial charge >= 0.3 is 0 Å². The van der Waals surface area contributed by atoms with Crippen LogP contribution < -0.4 is 14.4 Å². The highest BCUT2D eigenvalue weighted by molar-refractivity contribution is 7.92. The van der Waals surface area contributed by atoms with Crippen molar-refractivity contribution in [2.75, 3.05) is 18.0 Å². The molecule has 4 rings (SSSR count). The van der Waals surface area contributed by atoms with Crippen LogP contribution in [0.15, 0.2) is 102 Å². The number of carbonyl (C=O) groups excluding carboxylic acids is 2. The standard InChI is InChI=1S/C34H34Cl3N3O5S/c1-23(2)38-34(42)31(18-24-10-6-4-7-11-24)39(21-25-14-15-26(35)19-29(25)37)33(41)22-40(30-20-27(36)16-17-32(30)45-3)46(43,44)28-12-8-5-9-13-28/h4-17,19-20,23,31H,18,21-22H2,1-3H3,(H,38,42)/t31-/m0/s1. The molecule has 1 atom stereocenters. The molecule has 0 bridgehead atoms. The molecule has 4 aromatic carbocycles. The van der Waals surface area contributed by atoms with E-state index >= 15 is 0 Å². The molecular formula is C34H34Cl3N3O5S. The second-order valence-corrected chi connectivity index (χ2v) is 13.9. The Labute approximate surface area is 284 Å². The number of carbonyl (C=O) groups is 2. The molecule has 0 unspecified atom stereocenters. The summed E-state index contributed by atoms with van der Waals surface area (Å²) in [5.74, 6) is -0.884. The van der Waals surface area contributed by atoms with Crippen LogP contribution in [0.25, 0.3) is 0 Å². The third-order valence-corrected chi connectivity index (χ3v) is 9.67. The quantitative estimate of drug-likeness (QED) is 0.162. The molecule has 2 amide bonds. The maximum atomic E-state index is 14.6. The summed E-state index contributed by atoms with van der Waals surface area (Å²) in [5.41, 5.74) is 1.38. The monoisotopic (exact) mass is 701 g/mol. The molecular weight excluding hydrogens is 669 g/mol. The van der Waals surface area contributed by atoms with E-state index in [9.17, 15) is 18.0 Å². The number of amides is 2. The molecule has 0 saturated carbocycles. The Morgan fingerprint density at radius 1 is 0.848 bits per heavy atom.